The number of carbonyl (C=O) groups excluding carboxylic acids is 1. The number of benzene rings is 1. The van der Waals surface area contributed by atoms with Crippen LogP contribution in [0.4, 0.5) is 5.69 Å². The zero-order valence-corrected chi connectivity index (χ0v) is 17.0. The lowest BCUT2D eigenvalue weighted by Crippen LogP contribution is -2.45. The van der Waals surface area contributed by atoms with Crippen molar-refractivity contribution in [1.82, 2.24) is 9.55 Å². The van der Waals surface area contributed by atoms with Gasteiger partial charge in [-0.1, -0.05) is 32.0 Å². The van der Waals surface area contributed by atoms with E-state index in [2.05, 4.69) is 11.4 Å². The van der Waals surface area contributed by atoms with Crippen molar-refractivity contribution in [1.29, 1.82) is 0 Å². The van der Waals surface area contributed by atoms with Crippen molar-refractivity contribution in [2.75, 3.05) is 11.9 Å². The summed E-state index contributed by atoms with van der Waals surface area (Å²) in [5, 5.41) is 15.7. The minimum atomic E-state index is -1.86. The number of carbonyl (C=O) groups is 1. The van der Waals surface area contributed by atoms with E-state index in [1.807, 2.05) is 31.2 Å². The van der Waals surface area contributed by atoms with Gasteiger partial charge < -0.3 is 19.7 Å². The maximum Gasteiger partial charge on any atom is 0.343 e. The van der Waals surface area contributed by atoms with E-state index < -0.39 is 11.6 Å². The molecule has 2 aliphatic rings. The first-order valence-electron chi connectivity index (χ1n) is 10.3. The average molecular weight is 405 g/mol. The molecule has 4 heterocycles. The minimum Gasteiger partial charge on any atom is -0.458 e. The van der Waals surface area contributed by atoms with E-state index in [-0.39, 0.29) is 18.6 Å². The fourth-order valence-corrected chi connectivity index (χ4v) is 4.52. The number of anilines is 1. The molecule has 0 aliphatic carbocycles. The molecule has 2 aliphatic heterocycles. The molecule has 0 spiro atoms. The summed E-state index contributed by atoms with van der Waals surface area (Å²) in [5.41, 5.74) is 2.29. The van der Waals surface area contributed by atoms with Crippen molar-refractivity contribution in [3.05, 3.63) is 57.4 Å². The summed E-state index contributed by atoms with van der Waals surface area (Å²) in [7, 11) is 0. The Bertz CT molecular complexity index is 1260. The number of hydrogen-bond acceptors (Lipinski definition) is 6. The highest BCUT2D eigenvalue weighted by molar-refractivity contribution is 5.92. The maximum absolute atomic E-state index is 13.4. The molecule has 0 saturated heterocycles. The Morgan fingerprint density at radius 3 is 2.83 bits per heavy atom. The number of esters is 1. The smallest absolute Gasteiger partial charge is 0.343 e. The molecular formula is C23H23N3O4. The Hall–Kier alpha value is -3.19. The van der Waals surface area contributed by atoms with E-state index in [1.54, 1.807) is 11.5 Å². The molecule has 0 saturated carbocycles. The number of ether oxygens (including phenoxy) is 1. The molecule has 2 N–H and O–H groups in total. The summed E-state index contributed by atoms with van der Waals surface area (Å²) in [5.74, 6) is -0.717. The molecule has 7 nitrogen and oxygen atoms in total. The Kier molecular flexibility index (Phi) is 4.18. The molecular weight excluding hydrogens is 382 g/mol. The van der Waals surface area contributed by atoms with E-state index in [0.29, 0.717) is 41.3 Å². The van der Waals surface area contributed by atoms with Crippen molar-refractivity contribution in [3.8, 4) is 11.4 Å². The van der Waals surface area contributed by atoms with Gasteiger partial charge in [-0.2, -0.15) is 0 Å². The topological polar surface area (TPSA) is 93.5 Å². The van der Waals surface area contributed by atoms with Crippen molar-refractivity contribution < 1.29 is 14.6 Å². The Morgan fingerprint density at radius 2 is 2.07 bits per heavy atom. The predicted octanol–water partition coefficient (Wildman–Crippen LogP) is 2.90. The van der Waals surface area contributed by atoms with Crippen LogP contribution in [0.3, 0.4) is 0 Å². The fourth-order valence-electron chi connectivity index (χ4n) is 4.52. The molecule has 0 bridgehead atoms. The second-order valence-electron chi connectivity index (χ2n) is 7.87. The van der Waals surface area contributed by atoms with Gasteiger partial charge in [0.2, 0.25) is 0 Å². The van der Waals surface area contributed by atoms with Crippen molar-refractivity contribution in [3.63, 3.8) is 0 Å². The number of pyridine rings is 2. The lowest BCUT2D eigenvalue weighted by atomic mass is 9.84. The number of hydrogen-bond donors (Lipinski definition) is 2. The largest absolute Gasteiger partial charge is 0.458 e. The van der Waals surface area contributed by atoms with Crippen LogP contribution < -0.4 is 10.9 Å². The van der Waals surface area contributed by atoms with Gasteiger partial charge in [-0.15, -0.1) is 0 Å². The van der Waals surface area contributed by atoms with Gasteiger partial charge in [0, 0.05) is 23.1 Å². The number of rotatable bonds is 4. The van der Waals surface area contributed by atoms with Crippen LogP contribution in [-0.2, 0) is 28.3 Å². The summed E-state index contributed by atoms with van der Waals surface area (Å²) < 4.78 is 6.89. The molecule has 0 fully saturated rings. The van der Waals surface area contributed by atoms with Crippen LogP contribution in [0.2, 0.25) is 0 Å². The van der Waals surface area contributed by atoms with E-state index in [0.717, 1.165) is 22.9 Å². The highest BCUT2D eigenvalue weighted by Gasteiger charge is 2.48. The van der Waals surface area contributed by atoms with Crippen LogP contribution in [0, 0.1) is 0 Å². The number of fused-ring (bicyclic) bond motifs is 5. The number of nitrogens with zero attached hydrogens (tertiary/aromatic N) is 2. The first-order valence-corrected chi connectivity index (χ1v) is 10.3. The Balaban J connectivity index is 1.87. The molecule has 0 radical (unpaired) electrons. The van der Waals surface area contributed by atoms with E-state index in [9.17, 15) is 14.7 Å². The Labute approximate surface area is 173 Å². The van der Waals surface area contributed by atoms with Crippen LogP contribution in [-0.4, -0.2) is 27.2 Å². The first kappa shape index (κ1) is 18.8. The highest BCUT2D eigenvalue weighted by atomic mass is 16.6. The Morgan fingerprint density at radius 1 is 1.27 bits per heavy atom. The standard InChI is InChI=1S/C23H23N3O4/c1-3-9-24-19-17-15(12-30-22(28)23(17,29)4-2)21(27)26-11-14-10-13-7-5-6-8-16(13)25-18(14)20(19)26/h5-8,10,24,29H,3-4,9,11-12H2,1-2H3/t23-/m0/s1. The summed E-state index contributed by atoms with van der Waals surface area (Å²) in [4.78, 5) is 30.8. The molecule has 7 heteroatoms. The third kappa shape index (κ3) is 2.45. The zero-order chi connectivity index (χ0) is 21.0. The number of nitrogens with one attached hydrogen (secondary N) is 1. The van der Waals surface area contributed by atoms with E-state index >= 15 is 0 Å². The predicted molar refractivity (Wildman–Crippen MR) is 113 cm³/mol. The van der Waals surface area contributed by atoms with Crippen molar-refractivity contribution >= 4 is 22.6 Å². The normalized spacial score (nSPS) is 19.2. The molecule has 3 aromatic rings. The van der Waals surface area contributed by atoms with Crippen molar-refractivity contribution in [2.45, 2.75) is 45.4 Å². The lowest BCUT2D eigenvalue weighted by Gasteiger charge is -2.34. The summed E-state index contributed by atoms with van der Waals surface area (Å²) in [6.07, 6.45) is 0.959. The highest BCUT2D eigenvalue weighted by Crippen LogP contribution is 2.45. The zero-order valence-electron chi connectivity index (χ0n) is 17.0. The van der Waals surface area contributed by atoms with Gasteiger partial charge in [-0.25, -0.2) is 9.78 Å². The maximum atomic E-state index is 13.4. The molecule has 0 unspecified atom stereocenters. The van der Waals surface area contributed by atoms with Crippen LogP contribution in [0.15, 0.2) is 35.1 Å². The number of aromatic nitrogens is 2. The van der Waals surface area contributed by atoms with Crippen LogP contribution in [0.25, 0.3) is 22.3 Å². The molecule has 5 rings (SSSR count). The summed E-state index contributed by atoms with van der Waals surface area (Å²) in [6.45, 7) is 4.64. The van der Waals surface area contributed by atoms with E-state index in [1.165, 1.54) is 0 Å². The lowest BCUT2D eigenvalue weighted by molar-refractivity contribution is -0.172. The summed E-state index contributed by atoms with van der Waals surface area (Å²) in [6, 6.07) is 9.88. The molecule has 1 aromatic carbocycles. The molecule has 2 aromatic heterocycles. The quantitative estimate of drug-likeness (QED) is 0.507. The first-order chi connectivity index (χ1) is 14.5. The van der Waals surface area contributed by atoms with Gasteiger partial charge in [-0.3, -0.25) is 4.79 Å². The van der Waals surface area contributed by atoms with E-state index in [4.69, 9.17) is 9.72 Å². The third-order valence-electron chi connectivity index (χ3n) is 6.08. The monoisotopic (exact) mass is 405 g/mol. The minimum absolute atomic E-state index is 0.112. The molecule has 1 atom stereocenters. The second-order valence-corrected chi connectivity index (χ2v) is 7.87. The summed E-state index contributed by atoms with van der Waals surface area (Å²) >= 11 is 0. The van der Waals surface area contributed by atoms with Gasteiger partial charge in [0.1, 0.15) is 6.61 Å². The van der Waals surface area contributed by atoms with Crippen LogP contribution >= 0.6 is 0 Å². The second kappa shape index (κ2) is 6.67. The number of cyclic esters (lactones) is 1. The molecule has 30 heavy (non-hydrogen) atoms. The third-order valence-corrected chi connectivity index (χ3v) is 6.08. The van der Waals surface area contributed by atoms with Crippen molar-refractivity contribution in [2.24, 2.45) is 0 Å². The van der Waals surface area contributed by atoms with Crippen LogP contribution in [0.1, 0.15) is 43.4 Å². The van der Waals surface area contributed by atoms with Crippen LogP contribution in [0.5, 0.6) is 0 Å². The van der Waals surface area contributed by atoms with Gasteiger partial charge >= 0.3 is 5.97 Å². The molecule has 0 amide bonds. The fraction of sp³-hybridized carbons (Fsp3) is 0.348. The number of para-hydroxylation sites is 1. The molecule has 154 valence electrons. The van der Waals surface area contributed by atoms with Gasteiger partial charge in [0.25, 0.3) is 5.56 Å². The average Bonchev–Trinajstić information content (AvgIpc) is 3.13. The number of aliphatic hydroxyl groups is 1. The van der Waals surface area contributed by atoms with Gasteiger partial charge in [0.15, 0.2) is 5.60 Å². The van der Waals surface area contributed by atoms with Gasteiger partial charge in [0.05, 0.1) is 34.7 Å². The SMILES string of the molecule is CCCNc1c2c(c(=O)n3c1-c1nc4ccccc4cc1C3)COC(=O)[C@]2(O)CC. The van der Waals surface area contributed by atoms with Gasteiger partial charge in [-0.05, 0) is 25.0 Å².